The Morgan fingerprint density at radius 3 is 2.14 bits per heavy atom. The van der Waals surface area contributed by atoms with Crippen molar-refractivity contribution in [2.45, 2.75) is 46.0 Å². The second-order valence-corrected chi connectivity index (χ2v) is 5.13. The number of rotatable bonds is 11. The molecule has 0 radical (unpaired) electrons. The van der Waals surface area contributed by atoms with Crippen molar-refractivity contribution in [1.82, 2.24) is 5.32 Å². The van der Waals surface area contributed by atoms with Crippen molar-refractivity contribution in [1.29, 1.82) is 0 Å². The van der Waals surface area contributed by atoms with Crippen LogP contribution in [-0.2, 0) is 19.2 Å². The quantitative estimate of drug-likeness (QED) is 0.491. The maximum absolute atomic E-state index is 11.9. The molecule has 1 amide bonds. The highest BCUT2D eigenvalue weighted by Gasteiger charge is 2.26. The Balaban J connectivity index is 4.53. The molecule has 0 saturated heterocycles. The van der Waals surface area contributed by atoms with Gasteiger partial charge in [-0.25, -0.2) is 0 Å². The molecule has 0 heterocycles. The summed E-state index contributed by atoms with van der Waals surface area (Å²) < 4.78 is 0. The Labute approximate surface area is 123 Å². The molecule has 0 fully saturated rings. The van der Waals surface area contributed by atoms with Crippen LogP contribution >= 0.6 is 0 Å². The van der Waals surface area contributed by atoms with Crippen LogP contribution in [-0.4, -0.2) is 40.4 Å². The summed E-state index contributed by atoms with van der Waals surface area (Å²) in [5.74, 6) is -4.93. The van der Waals surface area contributed by atoms with Crippen molar-refractivity contribution in [2.24, 2.45) is 11.8 Å². The van der Waals surface area contributed by atoms with Crippen LogP contribution in [0.1, 0.15) is 46.0 Å². The summed E-state index contributed by atoms with van der Waals surface area (Å²) >= 11 is 0. The number of amides is 1. The van der Waals surface area contributed by atoms with Crippen LogP contribution < -0.4 is 5.32 Å². The zero-order valence-electron chi connectivity index (χ0n) is 12.4. The number of carboxylic acids is 2. The van der Waals surface area contributed by atoms with Crippen molar-refractivity contribution in [3.63, 3.8) is 0 Å². The number of unbranched alkanes of at least 4 members (excludes halogenated alkanes) is 1. The van der Waals surface area contributed by atoms with E-state index in [-0.39, 0.29) is 12.8 Å². The van der Waals surface area contributed by atoms with Crippen molar-refractivity contribution < 1.29 is 29.4 Å². The molecule has 0 aliphatic rings. The summed E-state index contributed by atoms with van der Waals surface area (Å²) in [7, 11) is 0. The highest BCUT2D eigenvalue weighted by molar-refractivity contribution is 5.90. The van der Waals surface area contributed by atoms with E-state index in [1.165, 1.54) is 6.92 Å². The van der Waals surface area contributed by atoms with Gasteiger partial charge in [0.25, 0.3) is 0 Å². The van der Waals surface area contributed by atoms with Crippen molar-refractivity contribution in [3.05, 3.63) is 0 Å². The number of hydrogen-bond acceptors (Lipinski definition) is 4. The van der Waals surface area contributed by atoms with E-state index >= 15 is 0 Å². The molecule has 3 N–H and O–H groups in total. The lowest BCUT2D eigenvalue weighted by molar-refractivity contribution is -0.144. The van der Waals surface area contributed by atoms with Crippen LogP contribution in [0.4, 0.5) is 0 Å². The molecule has 7 nitrogen and oxygen atoms in total. The number of carbonyl (C=O) groups is 4. The van der Waals surface area contributed by atoms with Gasteiger partial charge in [-0.05, 0) is 6.42 Å². The first kappa shape index (κ1) is 19.1. The average molecular weight is 301 g/mol. The molecule has 2 unspecified atom stereocenters. The van der Waals surface area contributed by atoms with E-state index in [2.05, 4.69) is 5.32 Å². The molecule has 21 heavy (non-hydrogen) atoms. The number of hydrogen-bond donors (Lipinski definition) is 3. The number of carbonyl (C=O) groups excluding carboxylic acids is 2. The van der Waals surface area contributed by atoms with Crippen LogP contribution in [0.5, 0.6) is 0 Å². The van der Waals surface area contributed by atoms with Crippen LogP contribution in [0.25, 0.3) is 0 Å². The highest BCUT2D eigenvalue weighted by Crippen LogP contribution is 2.14. The van der Waals surface area contributed by atoms with Crippen molar-refractivity contribution in [2.75, 3.05) is 6.54 Å². The molecule has 0 bridgehead atoms. The van der Waals surface area contributed by atoms with E-state index in [0.717, 1.165) is 12.8 Å². The molecule has 0 aliphatic carbocycles. The molecule has 0 aromatic rings. The second kappa shape index (κ2) is 9.90. The van der Waals surface area contributed by atoms with Gasteiger partial charge in [-0.15, -0.1) is 0 Å². The molecule has 0 aliphatic heterocycles. The number of aliphatic carboxylic acids is 2. The zero-order chi connectivity index (χ0) is 16.4. The average Bonchev–Trinajstić information content (AvgIpc) is 2.37. The molecule has 0 rings (SSSR count). The standard InChI is InChI=1S/C14H23NO6/c1-3-4-5-15-13(19)10(8-12(17)18)7-11(16)6-9(2)14(20)21/h9-10H,3-8H2,1-2H3,(H,15,19)(H,17,18)(H,20,21). The second-order valence-electron chi connectivity index (χ2n) is 5.13. The first-order chi connectivity index (χ1) is 9.77. The fourth-order valence-electron chi connectivity index (χ4n) is 1.79. The number of nitrogens with one attached hydrogen (secondary N) is 1. The lowest BCUT2D eigenvalue weighted by Crippen LogP contribution is -2.34. The molecular formula is C14H23NO6. The fraction of sp³-hybridized carbons (Fsp3) is 0.714. The van der Waals surface area contributed by atoms with E-state index in [1.807, 2.05) is 6.92 Å². The Hall–Kier alpha value is -1.92. The molecule has 120 valence electrons. The van der Waals surface area contributed by atoms with Gasteiger partial charge in [0.2, 0.25) is 5.91 Å². The van der Waals surface area contributed by atoms with Gasteiger partial charge in [-0.1, -0.05) is 20.3 Å². The summed E-state index contributed by atoms with van der Waals surface area (Å²) in [6, 6.07) is 0. The minimum absolute atomic E-state index is 0.201. The third-order valence-electron chi connectivity index (χ3n) is 3.05. The Morgan fingerprint density at radius 1 is 1.05 bits per heavy atom. The minimum Gasteiger partial charge on any atom is -0.481 e. The minimum atomic E-state index is -1.16. The largest absolute Gasteiger partial charge is 0.481 e. The molecule has 0 spiro atoms. The lowest BCUT2D eigenvalue weighted by Gasteiger charge is -2.15. The van der Waals surface area contributed by atoms with Gasteiger partial charge >= 0.3 is 11.9 Å². The number of carboxylic acid groups (broad SMARTS) is 2. The topological polar surface area (TPSA) is 121 Å². The van der Waals surface area contributed by atoms with E-state index in [4.69, 9.17) is 10.2 Å². The number of ketones is 1. The van der Waals surface area contributed by atoms with Gasteiger partial charge in [-0.2, -0.15) is 0 Å². The van der Waals surface area contributed by atoms with Gasteiger partial charge < -0.3 is 15.5 Å². The lowest BCUT2D eigenvalue weighted by atomic mass is 9.93. The molecular weight excluding hydrogens is 278 g/mol. The number of Topliss-reactive ketones (excluding diaryl/α,β-unsaturated/α-hetero) is 1. The Bertz CT molecular complexity index is 393. The maximum atomic E-state index is 11.9. The summed E-state index contributed by atoms with van der Waals surface area (Å²) in [5.41, 5.74) is 0. The van der Waals surface area contributed by atoms with E-state index in [0.29, 0.717) is 6.54 Å². The molecule has 0 saturated carbocycles. The highest BCUT2D eigenvalue weighted by atomic mass is 16.4. The summed E-state index contributed by atoms with van der Waals surface area (Å²) in [6.45, 7) is 3.79. The third-order valence-corrected chi connectivity index (χ3v) is 3.05. The Kier molecular flexibility index (Phi) is 9.00. The van der Waals surface area contributed by atoms with E-state index in [1.54, 1.807) is 0 Å². The summed E-state index contributed by atoms with van der Waals surface area (Å²) in [5, 5.41) is 20.1. The smallest absolute Gasteiger partial charge is 0.306 e. The first-order valence-corrected chi connectivity index (χ1v) is 7.01. The normalized spacial score (nSPS) is 13.2. The van der Waals surface area contributed by atoms with Gasteiger partial charge in [0, 0.05) is 19.4 Å². The van der Waals surface area contributed by atoms with Crippen molar-refractivity contribution >= 4 is 23.6 Å². The molecule has 0 aromatic carbocycles. The molecule has 2 atom stereocenters. The maximum Gasteiger partial charge on any atom is 0.306 e. The van der Waals surface area contributed by atoms with Gasteiger partial charge in [0.1, 0.15) is 5.78 Å². The summed E-state index contributed by atoms with van der Waals surface area (Å²) in [6.07, 6.45) is 0.773. The fourth-order valence-corrected chi connectivity index (χ4v) is 1.79. The van der Waals surface area contributed by atoms with Crippen LogP contribution in [0.3, 0.4) is 0 Å². The van der Waals surface area contributed by atoms with Crippen LogP contribution in [0.2, 0.25) is 0 Å². The monoisotopic (exact) mass is 301 g/mol. The van der Waals surface area contributed by atoms with Crippen molar-refractivity contribution in [3.8, 4) is 0 Å². The van der Waals surface area contributed by atoms with E-state index < -0.39 is 41.9 Å². The van der Waals surface area contributed by atoms with Gasteiger partial charge in [-0.3, -0.25) is 19.2 Å². The SMILES string of the molecule is CCCCNC(=O)C(CC(=O)O)CC(=O)CC(C)C(=O)O. The molecule has 7 heteroatoms. The third kappa shape index (κ3) is 8.78. The zero-order valence-corrected chi connectivity index (χ0v) is 12.4. The first-order valence-electron chi connectivity index (χ1n) is 7.01. The summed E-state index contributed by atoms with van der Waals surface area (Å²) in [4.78, 5) is 45.1. The molecule has 0 aromatic heterocycles. The van der Waals surface area contributed by atoms with Crippen LogP contribution in [0.15, 0.2) is 0 Å². The van der Waals surface area contributed by atoms with Crippen LogP contribution in [0, 0.1) is 11.8 Å². The Morgan fingerprint density at radius 2 is 1.67 bits per heavy atom. The predicted molar refractivity (Wildman–Crippen MR) is 74.7 cm³/mol. The van der Waals surface area contributed by atoms with E-state index in [9.17, 15) is 19.2 Å². The predicted octanol–water partition coefficient (Wildman–Crippen LogP) is 1.06. The van der Waals surface area contributed by atoms with Gasteiger partial charge in [0.05, 0.1) is 18.3 Å². The van der Waals surface area contributed by atoms with Gasteiger partial charge in [0.15, 0.2) is 0 Å².